The molecule has 1 heterocycles. The molecule has 0 N–H and O–H groups in total. The first-order valence-corrected chi connectivity index (χ1v) is 6.05. The van der Waals surface area contributed by atoms with Gasteiger partial charge in [-0.25, -0.2) is 0 Å². The Balaban J connectivity index is 1.83. The molecule has 3 fully saturated rings. The second-order valence-electron chi connectivity index (χ2n) is 5.22. The molecule has 2 saturated carbocycles. The summed E-state index contributed by atoms with van der Waals surface area (Å²) in [5.74, 6) is -0.403. The SMILES string of the molecule is COC(=O)CN1C(=O)[C@H]2[C@@H]3CC[C@@H](C3)[C@@H]2C1=O. The van der Waals surface area contributed by atoms with Gasteiger partial charge in [-0.3, -0.25) is 19.3 Å². The van der Waals surface area contributed by atoms with E-state index >= 15 is 0 Å². The van der Waals surface area contributed by atoms with Crippen molar-refractivity contribution in [3.63, 3.8) is 0 Å². The van der Waals surface area contributed by atoms with Crippen molar-refractivity contribution in [1.29, 1.82) is 0 Å². The minimum atomic E-state index is -0.529. The molecule has 3 aliphatic rings. The third kappa shape index (κ3) is 1.34. The van der Waals surface area contributed by atoms with Crippen LogP contribution in [0.25, 0.3) is 0 Å². The smallest absolute Gasteiger partial charge is 0.325 e. The molecule has 2 amide bonds. The first-order chi connectivity index (χ1) is 8.13. The van der Waals surface area contributed by atoms with Gasteiger partial charge >= 0.3 is 5.97 Å². The normalized spacial score (nSPS) is 38.8. The molecule has 17 heavy (non-hydrogen) atoms. The standard InChI is InChI=1S/C12H15NO4/c1-17-8(14)5-13-11(15)9-6-2-3-7(4-6)10(9)12(13)16/h6-7,9-10H,2-5H2,1H3/t6-,7+,9-,10-/m0/s1. The Hall–Kier alpha value is -1.39. The number of carbonyl (C=O) groups is 3. The molecule has 5 nitrogen and oxygen atoms in total. The van der Waals surface area contributed by atoms with Gasteiger partial charge in [-0.15, -0.1) is 0 Å². The quantitative estimate of drug-likeness (QED) is 0.508. The van der Waals surface area contributed by atoms with E-state index < -0.39 is 5.97 Å². The van der Waals surface area contributed by atoms with Crippen LogP contribution in [0.4, 0.5) is 0 Å². The van der Waals surface area contributed by atoms with Crippen LogP contribution in [0.5, 0.6) is 0 Å². The molecule has 0 aromatic heterocycles. The van der Waals surface area contributed by atoms with Gasteiger partial charge in [-0.1, -0.05) is 0 Å². The van der Waals surface area contributed by atoms with Crippen molar-refractivity contribution < 1.29 is 19.1 Å². The van der Waals surface area contributed by atoms with Crippen LogP contribution < -0.4 is 0 Å². The third-order valence-corrected chi connectivity index (χ3v) is 4.53. The van der Waals surface area contributed by atoms with E-state index in [1.165, 1.54) is 7.11 Å². The number of hydrogen-bond donors (Lipinski definition) is 0. The molecular weight excluding hydrogens is 222 g/mol. The maximum absolute atomic E-state index is 12.1. The lowest BCUT2D eigenvalue weighted by Crippen LogP contribution is -2.37. The minimum Gasteiger partial charge on any atom is -0.468 e. The number of nitrogens with zero attached hydrogens (tertiary/aromatic N) is 1. The van der Waals surface area contributed by atoms with E-state index in [2.05, 4.69) is 4.74 Å². The van der Waals surface area contributed by atoms with Gasteiger partial charge < -0.3 is 4.74 Å². The number of imide groups is 1. The number of esters is 1. The molecule has 4 atom stereocenters. The zero-order valence-electron chi connectivity index (χ0n) is 9.72. The van der Waals surface area contributed by atoms with E-state index in [4.69, 9.17) is 0 Å². The molecule has 0 aromatic rings. The summed E-state index contributed by atoms with van der Waals surface area (Å²) >= 11 is 0. The van der Waals surface area contributed by atoms with Crippen molar-refractivity contribution in [3.8, 4) is 0 Å². The highest BCUT2D eigenvalue weighted by molar-refractivity contribution is 6.07. The van der Waals surface area contributed by atoms with Crippen LogP contribution in [0, 0.1) is 23.7 Å². The predicted molar refractivity (Wildman–Crippen MR) is 56.5 cm³/mol. The van der Waals surface area contributed by atoms with Crippen LogP contribution >= 0.6 is 0 Å². The minimum absolute atomic E-state index is 0.147. The molecule has 2 aliphatic carbocycles. The second-order valence-corrected chi connectivity index (χ2v) is 5.22. The summed E-state index contributed by atoms with van der Waals surface area (Å²) in [6, 6.07) is 0. The van der Waals surface area contributed by atoms with Crippen LogP contribution in [0.2, 0.25) is 0 Å². The van der Waals surface area contributed by atoms with Crippen molar-refractivity contribution in [3.05, 3.63) is 0 Å². The fourth-order valence-electron chi connectivity index (χ4n) is 3.82. The number of rotatable bonds is 2. The Morgan fingerprint density at radius 1 is 1.24 bits per heavy atom. The summed E-state index contributed by atoms with van der Waals surface area (Å²) in [6.45, 7) is -0.222. The number of hydrogen-bond acceptors (Lipinski definition) is 4. The van der Waals surface area contributed by atoms with Gasteiger partial charge in [0.1, 0.15) is 6.54 Å². The largest absolute Gasteiger partial charge is 0.468 e. The number of carbonyl (C=O) groups excluding carboxylic acids is 3. The van der Waals surface area contributed by atoms with Crippen molar-refractivity contribution >= 4 is 17.8 Å². The highest BCUT2D eigenvalue weighted by atomic mass is 16.5. The van der Waals surface area contributed by atoms with E-state index in [9.17, 15) is 14.4 Å². The van der Waals surface area contributed by atoms with E-state index in [0.717, 1.165) is 24.2 Å². The molecule has 0 unspecified atom stereocenters. The molecule has 1 aliphatic heterocycles. The molecule has 0 spiro atoms. The summed E-state index contributed by atoms with van der Waals surface area (Å²) in [6.07, 6.45) is 3.12. The van der Waals surface area contributed by atoms with Crippen LogP contribution in [0.1, 0.15) is 19.3 Å². The van der Waals surface area contributed by atoms with Crippen LogP contribution in [-0.4, -0.2) is 36.3 Å². The van der Waals surface area contributed by atoms with Gasteiger partial charge in [0.25, 0.3) is 0 Å². The maximum atomic E-state index is 12.1. The molecule has 2 bridgehead atoms. The summed E-state index contributed by atoms with van der Waals surface area (Å²) < 4.78 is 4.52. The Morgan fingerprint density at radius 2 is 1.76 bits per heavy atom. The number of likely N-dealkylation sites (tertiary alicyclic amines) is 1. The molecular formula is C12H15NO4. The van der Waals surface area contributed by atoms with Crippen molar-refractivity contribution in [2.75, 3.05) is 13.7 Å². The third-order valence-electron chi connectivity index (χ3n) is 4.53. The second kappa shape index (κ2) is 3.55. The van der Waals surface area contributed by atoms with Gasteiger partial charge in [0.15, 0.2) is 0 Å². The summed E-state index contributed by atoms with van der Waals surface area (Å²) in [4.78, 5) is 36.6. The summed E-state index contributed by atoms with van der Waals surface area (Å²) in [7, 11) is 1.26. The average Bonchev–Trinajstić information content (AvgIpc) is 2.98. The molecule has 1 saturated heterocycles. The summed E-state index contributed by atoms with van der Waals surface area (Å²) in [5, 5.41) is 0. The van der Waals surface area contributed by atoms with Crippen molar-refractivity contribution in [2.24, 2.45) is 23.7 Å². The van der Waals surface area contributed by atoms with E-state index in [0.29, 0.717) is 11.8 Å². The predicted octanol–water partition coefficient (Wildman–Crippen LogP) is 0.190. The van der Waals surface area contributed by atoms with E-state index in [1.54, 1.807) is 0 Å². The fourth-order valence-corrected chi connectivity index (χ4v) is 3.82. The van der Waals surface area contributed by atoms with Crippen LogP contribution in [0.15, 0.2) is 0 Å². The number of fused-ring (bicyclic) bond motifs is 5. The van der Waals surface area contributed by atoms with Gasteiger partial charge in [-0.2, -0.15) is 0 Å². The van der Waals surface area contributed by atoms with E-state index in [1.807, 2.05) is 0 Å². The maximum Gasteiger partial charge on any atom is 0.325 e. The monoisotopic (exact) mass is 237 g/mol. The molecule has 0 aromatic carbocycles. The zero-order chi connectivity index (χ0) is 12.2. The lowest BCUT2D eigenvalue weighted by atomic mass is 9.81. The Labute approximate surface area is 99.1 Å². The van der Waals surface area contributed by atoms with E-state index in [-0.39, 0.29) is 30.2 Å². The highest BCUT2D eigenvalue weighted by Crippen LogP contribution is 2.55. The molecule has 5 heteroatoms. The Kier molecular flexibility index (Phi) is 2.24. The molecule has 0 radical (unpaired) electrons. The Morgan fingerprint density at radius 3 is 2.24 bits per heavy atom. The van der Waals surface area contributed by atoms with Crippen LogP contribution in [0.3, 0.4) is 0 Å². The number of methoxy groups -OCH3 is 1. The first kappa shape index (κ1) is 10.7. The number of ether oxygens (including phenoxy) is 1. The van der Waals surface area contributed by atoms with Gasteiger partial charge in [-0.05, 0) is 31.1 Å². The van der Waals surface area contributed by atoms with Gasteiger partial charge in [0, 0.05) is 0 Å². The highest BCUT2D eigenvalue weighted by Gasteiger charge is 2.60. The summed E-state index contributed by atoms with van der Waals surface area (Å²) in [5.41, 5.74) is 0. The van der Waals surface area contributed by atoms with Gasteiger partial charge in [0.05, 0.1) is 18.9 Å². The zero-order valence-corrected chi connectivity index (χ0v) is 9.72. The lowest BCUT2D eigenvalue weighted by Gasteiger charge is -2.19. The van der Waals surface area contributed by atoms with Gasteiger partial charge in [0.2, 0.25) is 11.8 Å². The average molecular weight is 237 g/mol. The number of amides is 2. The first-order valence-electron chi connectivity index (χ1n) is 6.05. The lowest BCUT2D eigenvalue weighted by molar-refractivity contribution is -0.151. The molecule has 92 valence electrons. The fraction of sp³-hybridized carbons (Fsp3) is 0.750. The van der Waals surface area contributed by atoms with Crippen LogP contribution in [-0.2, 0) is 19.1 Å². The Bertz CT molecular complexity index is 377. The van der Waals surface area contributed by atoms with Crippen molar-refractivity contribution in [2.45, 2.75) is 19.3 Å². The topological polar surface area (TPSA) is 63.7 Å². The van der Waals surface area contributed by atoms with Crippen molar-refractivity contribution in [1.82, 2.24) is 4.90 Å². The molecule has 3 rings (SSSR count).